The van der Waals surface area contributed by atoms with Crippen LogP contribution in [0.1, 0.15) is 35.3 Å². The number of carbonyl (C=O) groups is 1. The van der Waals surface area contributed by atoms with Gasteiger partial charge in [-0.2, -0.15) is 4.31 Å². The number of aryl methyl sites for hydroxylation is 2. The van der Waals surface area contributed by atoms with Crippen LogP contribution in [0.25, 0.3) is 11.3 Å². The molecule has 0 saturated carbocycles. The van der Waals surface area contributed by atoms with Gasteiger partial charge in [-0.15, -0.1) is 11.3 Å². The topological polar surface area (TPSA) is 79.4 Å². The van der Waals surface area contributed by atoms with E-state index in [4.69, 9.17) is 0 Å². The van der Waals surface area contributed by atoms with E-state index in [1.54, 1.807) is 13.8 Å². The second kappa shape index (κ2) is 9.25. The minimum atomic E-state index is -3.81. The lowest BCUT2D eigenvalue weighted by molar-refractivity contribution is 0.102. The normalized spacial score (nSPS) is 11.7. The standard InChI is InChI=1S/C22H24FN3O3S2/c1-5-26(6-2)31(28,29)16-8-10-19(23)18(12-16)21(27)25-22-24-20(13-30-22)17-9-7-14(3)11-15(17)4/h7-13H,5-6H2,1-4H3,(H,24,25,27). The number of aromatic nitrogens is 1. The highest BCUT2D eigenvalue weighted by molar-refractivity contribution is 7.89. The predicted octanol–water partition coefficient (Wildman–Crippen LogP) is 4.85. The first-order valence-corrected chi connectivity index (χ1v) is 12.1. The van der Waals surface area contributed by atoms with Gasteiger partial charge in [-0.05, 0) is 37.6 Å². The van der Waals surface area contributed by atoms with Crippen molar-refractivity contribution in [3.63, 3.8) is 0 Å². The van der Waals surface area contributed by atoms with Gasteiger partial charge in [0.1, 0.15) is 5.82 Å². The molecule has 0 fully saturated rings. The molecule has 0 spiro atoms. The Labute approximate surface area is 185 Å². The van der Waals surface area contributed by atoms with Crippen LogP contribution < -0.4 is 5.32 Å². The smallest absolute Gasteiger partial charge is 0.260 e. The zero-order chi connectivity index (χ0) is 22.8. The van der Waals surface area contributed by atoms with E-state index in [1.165, 1.54) is 21.7 Å². The van der Waals surface area contributed by atoms with Crippen molar-refractivity contribution in [3.05, 3.63) is 64.3 Å². The minimum absolute atomic E-state index is 0.127. The first-order chi connectivity index (χ1) is 14.7. The number of nitrogens with one attached hydrogen (secondary N) is 1. The van der Waals surface area contributed by atoms with Gasteiger partial charge in [-0.1, -0.05) is 37.6 Å². The molecule has 0 atom stereocenters. The third-order valence-electron chi connectivity index (χ3n) is 4.91. The van der Waals surface area contributed by atoms with Crippen molar-refractivity contribution >= 4 is 32.4 Å². The van der Waals surface area contributed by atoms with Crippen LogP contribution in [0.2, 0.25) is 0 Å². The zero-order valence-electron chi connectivity index (χ0n) is 17.8. The molecule has 0 bridgehead atoms. The van der Waals surface area contributed by atoms with Crippen molar-refractivity contribution in [1.29, 1.82) is 0 Å². The van der Waals surface area contributed by atoms with E-state index in [0.29, 0.717) is 10.8 Å². The van der Waals surface area contributed by atoms with Crippen LogP contribution in [0.4, 0.5) is 9.52 Å². The molecule has 1 amide bonds. The van der Waals surface area contributed by atoms with Crippen LogP contribution in [0.5, 0.6) is 0 Å². The van der Waals surface area contributed by atoms with Gasteiger partial charge in [-0.3, -0.25) is 10.1 Å². The van der Waals surface area contributed by atoms with Gasteiger partial charge in [-0.25, -0.2) is 17.8 Å². The Balaban J connectivity index is 1.87. The molecule has 3 rings (SSSR count). The van der Waals surface area contributed by atoms with Crippen LogP contribution in [-0.2, 0) is 10.0 Å². The highest BCUT2D eigenvalue weighted by atomic mass is 32.2. The van der Waals surface area contributed by atoms with Crippen LogP contribution in [-0.4, -0.2) is 36.7 Å². The number of hydrogen-bond acceptors (Lipinski definition) is 5. The molecule has 0 aliphatic carbocycles. The summed E-state index contributed by atoms with van der Waals surface area (Å²) in [7, 11) is -3.81. The van der Waals surface area contributed by atoms with E-state index in [-0.39, 0.29) is 23.5 Å². The van der Waals surface area contributed by atoms with Gasteiger partial charge in [0.05, 0.1) is 16.2 Å². The Bertz CT molecular complexity index is 1220. The monoisotopic (exact) mass is 461 g/mol. The Morgan fingerprint density at radius 2 is 1.84 bits per heavy atom. The first-order valence-electron chi connectivity index (χ1n) is 9.81. The average Bonchev–Trinajstić information content (AvgIpc) is 3.16. The fourth-order valence-electron chi connectivity index (χ4n) is 3.27. The lowest BCUT2D eigenvalue weighted by atomic mass is 10.0. The van der Waals surface area contributed by atoms with Gasteiger partial charge < -0.3 is 0 Å². The molecule has 0 saturated heterocycles. The van der Waals surface area contributed by atoms with Crippen LogP contribution in [0.15, 0.2) is 46.7 Å². The van der Waals surface area contributed by atoms with Crippen molar-refractivity contribution in [2.75, 3.05) is 18.4 Å². The van der Waals surface area contributed by atoms with Crippen molar-refractivity contribution in [1.82, 2.24) is 9.29 Å². The molecule has 1 N–H and O–H groups in total. The summed E-state index contributed by atoms with van der Waals surface area (Å²) in [6.07, 6.45) is 0. The molecule has 3 aromatic rings. The fraction of sp³-hybridized carbons (Fsp3) is 0.273. The van der Waals surface area contributed by atoms with Gasteiger partial charge >= 0.3 is 0 Å². The number of rotatable bonds is 7. The largest absolute Gasteiger partial charge is 0.298 e. The summed E-state index contributed by atoms with van der Waals surface area (Å²) in [5.74, 6) is -1.56. The molecule has 0 aliphatic heterocycles. The van der Waals surface area contributed by atoms with Crippen LogP contribution >= 0.6 is 11.3 Å². The number of amides is 1. The number of anilines is 1. The van der Waals surface area contributed by atoms with Crippen molar-refractivity contribution in [3.8, 4) is 11.3 Å². The van der Waals surface area contributed by atoms with E-state index in [9.17, 15) is 17.6 Å². The van der Waals surface area contributed by atoms with E-state index < -0.39 is 21.7 Å². The molecule has 1 heterocycles. The molecule has 164 valence electrons. The van der Waals surface area contributed by atoms with Crippen LogP contribution in [0, 0.1) is 19.7 Å². The summed E-state index contributed by atoms with van der Waals surface area (Å²) in [4.78, 5) is 17.0. The summed E-state index contributed by atoms with van der Waals surface area (Å²) in [5, 5.41) is 4.69. The zero-order valence-corrected chi connectivity index (χ0v) is 19.4. The Kier molecular flexibility index (Phi) is 6.88. The highest BCUT2D eigenvalue weighted by Gasteiger charge is 2.24. The molecule has 0 unspecified atom stereocenters. The second-order valence-electron chi connectivity index (χ2n) is 7.04. The molecule has 9 heteroatoms. The highest BCUT2D eigenvalue weighted by Crippen LogP contribution is 2.28. The van der Waals surface area contributed by atoms with E-state index >= 15 is 0 Å². The quantitative estimate of drug-likeness (QED) is 0.546. The predicted molar refractivity (Wildman–Crippen MR) is 121 cm³/mol. The number of nitrogens with zero attached hydrogens (tertiary/aromatic N) is 2. The summed E-state index contributed by atoms with van der Waals surface area (Å²) >= 11 is 1.22. The molecular weight excluding hydrogens is 437 g/mol. The summed E-state index contributed by atoms with van der Waals surface area (Å²) in [5.41, 5.74) is 3.50. The molecule has 0 radical (unpaired) electrons. The summed E-state index contributed by atoms with van der Waals surface area (Å²) in [6, 6.07) is 9.22. The van der Waals surface area contributed by atoms with Crippen molar-refractivity contribution in [2.24, 2.45) is 0 Å². The first kappa shape index (κ1) is 23.1. The molecule has 0 aliphatic rings. The van der Waals surface area contributed by atoms with E-state index in [2.05, 4.69) is 10.3 Å². The third-order valence-corrected chi connectivity index (χ3v) is 7.71. The van der Waals surface area contributed by atoms with Crippen molar-refractivity contribution < 1.29 is 17.6 Å². The summed E-state index contributed by atoms with van der Waals surface area (Å²) in [6.45, 7) is 7.97. The van der Waals surface area contributed by atoms with E-state index in [0.717, 1.165) is 28.8 Å². The van der Waals surface area contributed by atoms with Crippen LogP contribution in [0.3, 0.4) is 0 Å². The number of benzene rings is 2. The maximum atomic E-state index is 14.4. The minimum Gasteiger partial charge on any atom is -0.298 e. The van der Waals surface area contributed by atoms with Gasteiger partial charge in [0, 0.05) is 24.0 Å². The summed E-state index contributed by atoms with van der Waals surface area (Å²) < 4.78 is 41.0. The van der Waals surface area contributed by atoms with E-state index in [1.807, 2.05) is 37.4 Å². The molecule has 6 nitrogen and oxygen atoms in total. The van der Waals surface area contributed by atoms with Gasteiger partial charge in [0.2, 0.25) is 10.0 Å². The maximum absolute atomic E-state index is 14.4. The van der Waals surface area contributed by atoms with Gasteiger partial charge in [0.25, 0.3) is 5.91 Å². The number of sulfonamides is 1. The SMILES string of the molecule is CCN(CC)S(=O)(=O)c1ccc(F)c(C(=O)Nc2nc(-c3ccc(C)cc3C)cs2)c1. The lowest BCUT2D eigenvalue weighted by Gasteiger charge is -2.18. The Morgan fingerprint density at radius 3 is 2.48 bits per heavy atom. The Morgan fingerprint density at radius 1 is 1.13 bits per heavy atom. The fourth-order valence-corrected chi connectivity index (χ4v) is 5.46. The Hall–Kier alpha value is -2.62. The van der Waals surface area contributed by atoms with Crippen molar-refractivity contribution in [2.45, 2.75) is 32.6 Å². The molecule has 2 aromatic carbocycles. The average molecular weight is 462 g/mol. The second-order valence-corrected chi connectivity index (χ2v) is 9.84. The maximum Gasteiger partial charge on any atom is 0.260 e. The number of carbonyl (C=O) groups excluding carboxylic acids is 1. The number of halogens is 1. The lowest BCUT2D eigenvalue weighted by Crippen LogP contribution is -2.31. The number of hydrogen-bond donors (Lipinski definition) is 1. The number of thiazole rings is 1. The van der Waals surface area contributed by atoms with Gasteiger partial charge in [0.15, 0.2) is 5.13 Å². The molecular formula is C22H24FN3O3S2. The molecule has 31 heavy (non-hydrogen) atoms. The molecule has 1 aromatic heterocycles. The third kappa shape index (κ3) is 4.84.